The van der Waals surface area contributed by atoms with Crippen LogP contribution in [0.4, 0.5) is 4.39 Å². The molecule has 0 spiro atoms. The molecule has 0 bridgehead atoms. The van der Waals surface area contributed by atoms with Crippen molar-refractivity contribution < 1.29 is 4.39 Å². The topological polar surface area (TPSA) is 15.3 Å². The Morgan fingerprint density at radius 3 is 2.62 bits per heavy atom. The Kier molecular flexibility index (Phi) is 6.19. The molecule has 118 valence electrons. The van der Waals surface area contributed by atoms with Crippen molar-refractivity contribution in [1.82, 2.24) is 10.2 Å². The van der Waals surface area contributed by atoms with E-state index in [0.29, 0.717) is 18.0 Å². The van der Waals surface area contributed by atoms with Gasteiger partial charge in [0.25, 0.3) is 0 Å². The van der Waals surface area contributed by atoms with Crippen LogP contribution in [0, 0.1) is 11.7 Å². The van der Waals surface area contributed by atoms with E-state index in [1.807, 2.05) is 12.1 Å². The van der Waals surface area contributed by atoms with E-state index in [-0.39, 0.29) is 5.82 Å². The Balaban J connectivity index is 2.04. The maximum absolute atomic E-state index is 13.1. The summed E-state index contributed by atoms with van der Waals surface area (Å²) < 4.78 is 13.1. The monoisotopic (exact) mass is 292 g/mol. The summed E-state index contributed by atoms with van der Waals surface area (Å²) in [5.74, 6) is 0.546. The molecule has 2 nitrogen and oxygen atoms in total. The first kappa shape index (κ1) is 16.4. The van der Waals surface area contributed by atoms with Crippen LogP contribution < -0.4 is 5.32 Å². The van der Waals surface area contributed by atoms with Gasteiger partial charge in [0.2, 0.25) is 0 Å². The molecule has 3 atom stereocenters. The lowest BCUT2D eigenvalue weighted by Gasteiger charge is -2.42. The van der Waals surface area contributed by atoms with Crippen molar-refractivity contribution in [2.45, 2.75) is 58.7 Å². The quantitative estimate of drug-likeness (QED) is 0.857. The third kappa shape index (κ3) is 4.52. The molecule has 3 heteroatoms. The zero-order valence-electron chi connectivity index (χ0n) is 13.6. The second kappa shape index (κ2) is 7.90. The zero-order valence-corrected chi connectivity index (χ0v) is 13.6. The maximum Gasteiger partial charge on any atom is 0.123 e. The lowest BCUT2D eigenvalue weighted by molar-refractivity contribution is 0.0960. The van der Waals surface area contributed by atoms with Crippen LogP contribution in [0.1, 0.15) is 45.6 Å². The fourth-order valence-electron chi connectivity index (χ4n) is 3.18. The van der Waals surface area contributed by atoms with Crippen LogP contribution in [-0.4, -0.2) is 30.1 Å². The number of rotatable bonds is 6. The first-order valence-corrected chi connectivity index (χ1v) is 8.35. The molecule has 0 radical (unpaired) electrons. The minimum absolute atomic E-state index is 0.151. The van der Waals surface area contributed by atoms with Gasteiger partial charge < -0.3 is 5.32 Å². The molecule has 0 aromatic heterocycles. The normalized spacial score (nSPS) is 25.0. The van der Waals surface area contributed by atoms with E-state index in [9.17, 15) is 4.39 Å². The smallest absolute Gasteiger partial charge is 0.123 e. The Hall–Kier alpha value is -0.930. The SMILES string of the molecule is CCCC1CNC(C(C)CC)CN1Cc1ccc(F)cc1. The summed E-state index contributed by atoms with van der Waals surface area (Å²) in [5, 5.41) is 3.73. The highest BCUT2D eigenvalue weighted by molar-refractivity contribution is 5.16. The van der Waals surface area contributed by atoms with E-state index in [4.69, 9.17) is 0 Å². The van der Waals surface area contributed by atoms with Crippen molar-refractivity contribution in [2.75, 3.05) is 13.1 Å². The van der Waals surface area contributed by atoms with E-state index in [1.165, 1.54) is 24.8 Å². The highest BCUT2D eigenvalue weighted by Gasteiger charge is 2.29. The molecular formula is C18H29FN2. The summed E-state index contributed by atoms with van der Waals surface area (Å²) in [5.41, 5.74) is 1.21. The standard InChI is InChI=1S/C18H29FN2/c1-4-6-17-11-20-18(14(3)5-2)13-21(17)12-15-7-9-16(19)10-8-15/h7-10,14,17-18,20H,4-6,11-13H2,1-3H3. The number of nitrogens with zero attached hydrogens (tertiary/aromatic N) is 1. The van der Waals surface area contributed by atoms with E-state index >= 15 is 0 Å². The summed E-state index contributed by atoms with van der Waals surface area (Å²) in [6.45, 7) is 9.93. The summed E-state index contributed by atoms with van der Waals surface area (Å²) in [4.78, 5) is 2.59. The van der Waals surface area contributed by atoms with E-state index in [0.717, 1.165) is 19.6 Å². The highest BCUT2D eigenvalue weighted by atomic mass is 19.1. The number of hydrogen-bond acceptors (Lipinski definition) is 2. The van der Waals surface area contributed by atoms with Crippen LogP contribution in [0.15, 0.2) is 24.3 Å². The molecule has 1 aromatic carbocycles. The van der Waals surface area contributed by atoms with Crippen molar-refractivity contribution >= 4 is 0 Å². The molecule has 1 aliphatic heterocycles. The van der Waals surface area contributed by atoms with Crippen LogP contribution in [0.2, 0.25) is 0 Å². The number of hydrogen-bond donors (Lipinski definition) is 1. The van der Waals surface area contributed by atoms with Gasteiger partial charge in [-0.05, 0) is 30.0 Å². The largest absolute Gasteiger partial charge is 0.311 e. The van der Waals surface area contributed by atoms with Crippen molar-refractivity contribution in [3.05, 3.63) is 35.6 Å². The molecule has 1 N–H and O–H groups in total. The lowest BCUT2D eigenvalue weighted by atomic mass is 9.94. The van der Waals surface area contributed by atoms with E-state index in [1.54, 1.807) is 12.1 Å². The molecule has 1 saturated heterocycles. The van der Waals surface area contributed by atoms with Gasteiger partial charge in [0.15, 0.2) is 0 Å². The fraction of sp³-hybridized carbons (Fsp3) is 0.667. The molecule has 0 saturated carbocycles. The van der Waals surface area contributed by atoms with Gasteiger partial charge >= 0.3 is 0 Å². The second-order valence-corrected chi connectivity index (χ2v) is 6.40. The molecule has 0 aliphatic carbocycles. The molecule has 1 fully saturated rings. The fourth-order valence-corrected chi connectivity index (χ4v) is 3.18. The molecule has 2 rings (SSSR count). The minimum atomic E-state index is -0.151. The Bertz CT molecular complexity index is 418. The van der Waals surface area contributed by atoms with Crippen molar-refractivity contribution in [3.63, 3.8) is 0 Å². The van der Waals surface area contributed by atoms with Crippen molar-refractivity contribution in [2.24, 2.45) is 5.92 Å². The average molecular weight is 292 g/mol. The number of halogens is 1. The van der Waals surface area contributed by atoms with Crippen molar-refractivity contribution in [1.29, 1.82) is 0 Å². The van der Waals surface area contributed by atoms with Gasteiger partial charge in [-0.2, -0.15) is 0 Å². The third-order valence-electron chi connectivity index (χ3n) is 4.81. The van der Waals surface area contributed by atoms with E-state index < -0.39 is 0 Å². The van der Waals surface area contributed by atoms with Gasteiger partial charge in [-0.1, -0.05) is 45.7 Å². The van der Waals surface area contributed by atoms with Crippen LogP contribution in [0.3, 0.4) is 0 Å². The molecular weight excluding hydrogens is 263 g/mol. The first-order chi connectivity index (χ1) is 10.1. The molecule has 21 heavy (non-hydrogen) atoms. The molecule has 1 heterocycles. The molecule has 1 aliphatic rings. The molecule has 0 amide bonds. The van der Waals surface area contributed by atoms with Crippen LogP contribution >= 0.6 is 0 Å². The summed E-state index contributed by atoms with van der Waals surface area (Å²) in [7, 11) is 0. The van der Waals surface area contributed by atoms with Gasteiger partial charge in [0.05, 0.1) is 0 Å². The van der Waals surface area contributed by atoms with Crippen LogP contribution in [0.25, 0.3) is 0 Å². The van der Waals surface area contributed by atoms with Gasteiger partial charge in [-0.25, -0.2) is 4.39 Å². The molecule has 3 unspecified atom stereocenters. The van der Waals surface area contributed by atoms with Gasteiger partial charge in [-0.3, -0.25) is 4.90 Å². The van der Waals surface area contributed by atoms with E-state index in [2.05, 4.69) is 31.0 Å². The number of piperazine rings is 1. The Labute approximate surface area is 128 Å². The van der Waals surface area contributed by atoms with Crippen LogP contribution in [-0.2, 0) is 6.54 Å². The minimum Gasteiger partial charge on any atom is -0.311 e. The van der Waals surface area contributed by atoms with Gasteiger partial charge in [-0.15, -0.1) is 0 Å². The first-order valence-electron chi connectivity index (χ1n) is 8.35. The predicted molar refractivity (Wildman–Crippen MR) is 86.8 cm³/mol. The number of benzene rings is 1. The summed E-state index contributed by atoms with van der Waals surface area (Å²) in [6.07, 6.45) is 3.64. The average Bonchev–Trinajstić information content (AvgIpc) is 2.50. The summed E-state index contributed by atoms with van der Waals surface area (Å²) in [6, 6.07) is 8.14. The Morgan fingerprint density at radius 2 is 2.00 bits per heavy atom. The lowest BCUT2D eigenvalue weighted by Crippen LogP contribution is -2.57. The van der Waals surface area contributed by atoms with Gasteiger partial charge in [0.1, 0.15) is 5.82 Å². The third-order valence-corrected chi connectivity index (χ3v) is 4.81. The molecule has 1 aromatic rings. The predicted octanol–water partition coefficient (Wildman–Crippen LogP) is 3.81. The maximum atomic E-state index is 13.1. The zero-order chi connectivity index (χ0) is 15.2. The highest BCUT2D eigenvalue weighted by Crippen LogP contribution is 2.20. The number of nitrogens with one attached hydrogen (secondary N) is 1. The Morgan fingerprint density at radius 1 is 1.29 bits per heavy atom. The van der Waals surface area contributed by atoms with Crippen LogP contribution in [0.5, 0.6) is 0 Å². The van der Waals surface area contributed by atoms with Crippen molar-refractivity contribution in [3.8, 4) is 0 Å². The second-order valence-electron chi connectivity index (χ2n) is 6.40. The van der Waals surface area contributed by atoms with Gasteiger partial charge in [0, 0.05) is 31.7 Å². The summed E-state index contributed by atoms with van der Waals surface area (Å²) >= 11 is 0.